The number of ether oxygens (including phenoxy) is 2. The van der Waals surface area contributed by atoms with Crippen LogP contribution in [0.5, 0.6) is 11.5 Å². The Hall–Kier alpha value is -3.27. The Morgan fingerprint density at radius 2 is 2.07 bits per heavy atom. The number of amides is 3. The quantitative estimate of drug-likeness (QED) is 0.408. The number of urea groups is 1. The largest absolute Gasteiger partial charge is 0.503 e. The third kappa shape index (κ3) is 3.72. The van der Waals surface area contributed by atoms with E-state index in [2.05, 4.69) is 26.0 Å². The second-order valence-corrected chi connectivity index (χ2v) is 6.54. The Morgan fingerprint density at radius 3 is 2.75 bits per heavy atom. The minimum absolute atomic E-state index is 0.0265. The van der Waals surface area contributed by atoms with Gasteiger partial charge in [-0.25, -0.2) is 9.59 Å². The van der Waals surface area contributed by atoms with E-state index in [4.69, 9.17) is 9.15 Å². The molecule has 0 unspecified atom stereocenters. The highest BCUT2D eigenvalue weighted by Gasteiger charge is 2.34. The molecule has 10 heteroatoms. The van der Waals surface area contributed by atoms with Crippen molar-refractivity contribution < 1.29 is 33.4 Å². The molecule has 3 rings (SSSR count). The van der Waals surface area contributed by atoms with E-state index in [-0.39, 0.29) is 35.3 Å². The predicted octanol–water partition coefficient (Wildman–Crippen LogP) is 2.64. The summed E-state index contributed by atoms with van der Waals surface area (Å²) in [5.41, 5.74) is 0.572. The minimum atomic E-state index is -0.657. The molecule has 0 radical (unpaired) electrons. The van der Waals surface area contributed by atoms with Crippen molar-refractivity contribution in [3.63, 3.8) is 0 Å². The number of esters is 1. The van der Waals surface area contributed by atoms with Gasteiger partial charge in [-0.05, 0) is 51.8 Å². The summed E-state index contributed by atoms with van der Waals surface area (Å²) in [5.74, 6) is -0.867. The van der Waals surface area contributed by atoms with Crippen molar-refractivity contribution in [3.8, 4) is 11.5 Å². The summed E-state index contributed by atoms with van der Waals surface area (Å²) in [5, 5.41) is 12.3. The molecule has 0 spiro atoms. The van der Waals surface area contributed by atoms with E-state index in [1.165, 1.54) is 38.5 Å². The van der Waals surface area contributed by atoms with Crippen LogP contribution >= 0.6 is 15.9 Å². The van der Waals surface area contributed by atoms with E-state index in [1.807, 2.05) is 0 Å². The molecule has 3 amide bonds. The summed E-state index contributed by atoms with van der Waals surface area (Å²) < 4.78 is 15.3. The molecule has 28 heavy (non-hydrogen) atoms. The number of hydrogen-bond acceptors (Lipinski definition) is 7. The average Bonchev–Trinajstić information content (AvgIpc) is 3.24. The fourth-order valence-corrected chi connectivity index (χ4v) is 3.00. The summed E-state index contributed by atoms with van der Waals surface area (Å²) in [4.78, 5) is 37.1. The maximum atomic E-state index is 12.6. The maximum Gasteiger partial charge on any atom is 0.373 e. The van der Waals surface area contributed by atoms with E-state index >= 15 is 0 Å². The highest BCUT2D eigenvalue weighted by atomic mass is 79.9. The molecule has 0 saturated carbocycles. The maximum absolute atomic E-state index is 12.6. The number of benzene rings is 1. The molecule has 1 fully saturated rings. The van der Waals surface area contributed by atoms with Crippen LogP contribution in [-0.4, -0.2) is 42.1 Å². The molecule has 1 aliphatic heterocycles. The first-order valence-electron chi connectivity index (χ1n) is 7.92. The molecule has 0 atom stereocenters. The highest BCUT2D eigenvalue weighted by Crippen LogP contribution is 2.36. The number of imide groups is 1. The smallest absolute Gasteiger partial charge is 0.373 e. The first-order valence-corrected chi connectivity index (χ1v) is 8.71. The fraction of sp³-hybridized carbons (Fsp3) is 0.167. The van der Waals surface area contributed by atoms with Gasteiger partial charge in [-0.15, -0.1) is 0 Å². The monoisotopic (exact) mass is 450 g/mol. The molecular formula is C18H15BrN2O7. The van der Waals surface area contributed by atoms with Crippen LogP contribution in [0.2, 0.25) is 0 Å². The second kappa shape index (κ2) is 7.77. The molecule has 1 aromatic heterocycles. The number of phenols is 1. The summed E-state index contributed by atoms with van der Waals surface area (Å²) >= 11 is 3.20. The molecule has 9 nitrogen and oxygen atoms in total. The van der Waals surface area contributed by atoms with Crippen LogP contribution < -0.4 is 10.1 Å². The van der Waals surface area contributed by atoms with Gasteiger partial charge in [0.25, 0.3) is 5.91 Å². The Labute approximate surface area is 167 Å². The molecular weight excluding hydrogens is 436 g/mol. The van der Waals surface area contributed by atoms with E-state index in [1.54, 1.807) is 6.07 Å². The van der Waals surface area contributed by atoms with Crippen LogP contribution in [0.3, 0.4) is 0 Å². The lowest BCUT2D eigenvalue weighted by atomic mass is 10.1. The van der Waals surface area contributed by atoms with Gasteiger partial charge in [-0.2, -0.15) is 0 Å². The molecule has 1 saturated heterocycles. The van der Waals surface area contributed by atoms with Crippen molar-refractivity contribution in [2.24, 2.45) is 0 Å². The molecule has 1 aliphatic rings. The first-order chi connectivity index (χ1) is 13.3. The fourth-order valence-electron chi connectivity index (χ4n) is 2.54. The van der Waals surface area contributed by atoms with Crippen molar-refractivity contribution in [2.75, 3.05) is 14.2 Å². The predicted molar refractivity (Wildman–Crippen MR) is 99.5 cm³/mol. The summed E-state index contributed by atoms with van der Waals surface area (Å²) in [6.07, 6.45) is 1.45. The lowest BCUT2D eigenvalue weighted by Gasteiger charge is -2.09. The van der Waals surface area contributed by atoms with Gasteiger partial charge in [0.15, 0.2) is 11.5 Å². The van der Waals surface area contributed by atoms with E-state index in [0.29, 0.717) is 10.0 Å². The lowest BCUT2D eigenvalue weighted by molar-refractivity contribution is -0.123. The number of hydrogen-bond donors (Lipinski definition) is 2. The highest BCUT2D eigenvalue weighted by molar-refractivity contribution is 9.10. The van der Waals surface area contributed by atoms with Crippen LogP contribution in [0.4, 0.5) is 4.79 Å². The van der Waals surface area contributed by atoms with Crippen molar-refractivity contribution in [1.29, 1.82) is 0 Å². The molecule has 2 N–H and O–H groups in total. The normalized spacial score (nSPS) is 15.1. The van der Waals surface area contributed by atoms with Gasteiger partial charge in [-0.1, -0.05) is 0 Å². The van der Waals surface area contributed by atoms with Crippen molar-refractivity contribution in [3.05, 3.63) is 51.5 Å². The van der Waals surface area contributed by atoms with Gasteiger partial charge in [0, 0.05) is 0 Å². The summed E-state index contributed by atoms with van der Waals surface area (Å²) in [6.45, 7) is -0.151. The zero-order valence-corrected chi connectivity index (χ0v) is 16.4. The number of methoxy groups -OCH3 is 2. The number of furan rings is 1. The van der Waals surface area contributed by atoms with Crippen molar-refractivity contribution in [1.82, 2.24) is 10.2 Å². The van der Waals surface area contributed by atoms with Gasteiger partial charge in [0.05, 0.1) is 25.2 Å². The van der Waals surface area contributed by atoms with Gasteiger partial charge >= 0.3 is 12.0 Å². The van der Waals surface area contributed by atoms with Crippen LogP contribution in [0.25, 0.3) is 6.08 Å². The molecule has 2 aromatic rings. The summed E-state index contributed by atoms with van der Waals surface area (Å²) in [6, 6.07) is 5.34. The molecule has 2 heterocycles. The van der Waals surface area contributed by atoms with Crippen molar-refractivity contribution >= 4 is 39.9 Å². The zero-order chi connectivity index (χ0) is 20.4. The van der Waals surface area contributed by atoms with Gasteiger partial charge in [0.1, 0.15) is 11.5 Å². The molecule has 0 bridgehead atoms. The van der Waals surface area contributed by atoms with Gasteiger partial charge < -0.3 is 24.3 Å². The van der Waals surface area contributed by atoms with E-state index in [0.717, 1.165) is 4.90 Å². The number of nitrogens with one attached hydrogen (secondary N) is 1. The SMILES string of the molecule is COC(=O)c1ccc(CN2C(=O)NC(=Cc3cc(Br)c(O)c(OC)c3)C2=O)o1. The number of phenolic OH excluding ortho intramolecular Hbond substituents is 1. The number of nitrogens with zero attached hydrogens (tertiary/aromatic N) is 1. The Kier molecular flexibility index (Phi) is 5.41. The van der Waals surface area contributed by atoms with E-state index < -0.39 is 17.9 Å². The zero-order valence-electron chi connectivity index (χ0n) is 14.8. The third-order valence-corrected chi connectivity index (χ3v) is 4.51. The Balaban J connectivity index is 1.82. The lowest BCUT2D eigenvalue weighted by Crippen LogP contribution is -2.30. The number of carbonyl (C=O) groups excluding carboxylic acids is 3. The molecule has 146 valence electrons. The number of carbonyl (C=O) groups is 3. The number of aromatic hydroxyl groups is 1. The van der Waals surface area contributed by atoms with Gasteiger partial charge in [0.2, 0.25) is 5.76 Å². The molecule has 1 aromatic carbocycles. The number of rotatable bonds is 5. The van der Waals surface area contributed by atoms with Crippen LogP contribution in [0.1, 0.15) is 21.9 Å². The van der Waals surface area contributed by atoms with Crippen molar-refractivity contribution in [2.45, 2.75) is 6.54 Å². The Bertz CT molecular complexity index is 996. The summed E-state index contributed by atoms with van der Waals surface area (Å²) in [7, 11) is 2.62. The minimum Gasteiger partial charge on any atom is -0.503 e. The average molecular weight is 451 g/mol. The van der Waals surface area contributed by atoms with Crippen LogP contribution in [0.15, 0.2) is 38.9 Å². The van der Waals surface area contributed by atoms with Crippen LogP contribution in [0, 0.1) is 0 Å². The number of halogens is 1. The standard InChI is InChI=1S/C18H15BrN2O7/c1-26-14-7-9(5-11(19)15(14)22)6-12-16(23)21(18(25)20-12)8-10-3-4-13(28-10)17(24)27-2/h3-7,22H,8H2,1-2H3,(H,20,25). The Morgan fingerprint density at radius 1 is 1.32 bits per heavy atom. The van der Waals surface area contributed by atoms with Crippen LogP contribution in [-0.2, 0) is 16.1 Å². The van der Waals surface area contributed by atoms with Gasteiger partial charge in [-0.3, -0.25) is 9.69 Å². The van der Waals surface area contributed by atoms with E-state index in [9.17, 15) is 19.5 Å². The third-order valence-electron chi connectivity index (χ3n) is 3.91. The second-order valence-electron chi connectivity index (χ2n) is 5.69. The first kappa shape index (κ1) is 19.5. The topological polar surface area (TPSA) is 118 Å². The molecule has 0 aliphatic carbocycles.